The Labute approximate surface area is 342 Å². The van der Waals surface area contributed by atoms with Crippen LogP contribution in [0.2, 0.25) is 0 Å². The average Bonchev–Trinajstić information content (AvgIpc) is 3.24. The lowest BCUT2D eigenvalue weighted by molar-refractivity contribution is 0.272. The summed E-state index contributed by atoms with van der Waals surface area (Å²) >= 11 is 12.0. The Morgan fingerprint density at radius 3 is 0.909 bits per heavy atom. The molecule has 0 aliphatic carbocycles. The molecule has 0 amide bonds. The van der Waals surface area contributed by atoms with E-state index in [0.29, 0.717) is 16.9 Å². The minimum Gasteiger partial charge on any atom is -0.424 e. The van der Waals surface area contributed by atoms with Crippen LogP contribution in [-0.4, -0.2) is 33.8 Å². The molecule has 55 heavy (non-hydrogen) atoms. The molecule has 0 N–H and O–H groups in total. The average molecular weight is 865 g/mol. The molecule has 0 fully saturated rings. The summed E-state index contributed by atoms with van der Waals surface area (Å²) < 4.78 is 31.7. The van der Waals surface area contributed by atoms with Gasteiger partial charge in [0.2, 0.25) is 0 Å². The van der Waals surface area contributed by atoms with Crippen molar-refractivity contribution in [3.63, 3.8) is 0 Å². The van der Waals surface area contributed by atoms with Crippen LogP contribution in [0.3, 0.4) is 0 Å². The summed E-state index contributed by atoms with van der Waals surface area (Å²) in [5.74, 6) is 1.19. The Hall–Kier alpha value is -2.73. The highest BCUT2D eigenvalue weighted by atomic mass is 32.5. The number of benzene rings is 6. The van der Waals surface area contributed by atoms with Crippen molar-refractivity contribution in [2.45, 2.75) is 22.1 Å². The van der Waals surface area contributed by atoms with E-state index in [1.165, 1.54) is 49.7 Å². The van der Waals surface area contributed by atoms with E-state index in [0.717, 1.165) is 9.79 Å². The van der Waals surface area contributed by atoms with E-state index < -0.39 is 29.3 Å². The van der Waals surface area contributed by atoms with Crippen molar-refractivity contribution in [1.82, 2.24) is 0 Å². The quantitative estimate of drug-likeness (QED) is 0.0886. The first-order valence-corrected chi connectivity index (χ1v) is 25.9. The molecule has 0 aromatic heterocycles. The maximum Gasteiger partial charge on any atom is 0.380 e. The predicted octanol–water partition coefficient (Wildman–Crippen LogP) is 11.2. The second kappa shape index (κ2) is 21.7. The van der Waals surface area contributed by atoms with Crippen molar-refractivity contribution in [2.75, 3.05) is 28.4 Å². The molecule has 6 rings (SSSR count). The molecule has 0 aliphatic heterocycles. The fraction of sp³-hybridized carbons (Fsp3) is 0.143. The van der Waals surface area contributed by atoms with Gasteiger partial charge in [-0.05, 0) is 85.6 Å². The minimum absolute atomic E-state index is 0.470. The molecule has 0 unspecified atom stereocenters. The van der Waals surface area contributed by atoms with Crippen molar-refractivity contribution >= 4 is 85.9 Å². The predicted molar refractivity (Wildman–Crippen MR) is 242 cm³/mol. The molecule has 6 aromatic carbocycles. The van der Waals surface area contributed by atoms with Gasteiger partial charge in [0.25, 0.3) is 0 Å². The van der Waals surface area contributed by atoms with E-state index in [1.807, 2.05) is 48.5 Å². The summed E-state index contributed by atoms with van der Waals surface area (Å²) in [6.07, 6.45) is 0. The second-order valence-electron chi connectivity index (χ2n) is 11.6. The first-order valence-electron chi connectivity index (χ1n) is 17.2. The fourth-order valence-electron chi connectivity index (χ4n) is 5.46. The molecule has 6 nitrogen and oxygen atoms in total. The molecule has 286 valence electrons. The summed E-state index contributed by atoms with van der Waals surface area (Å²) in [4.78, 5) is 2.08. The van der Waals surface area contributed by atoms with Crippen molar-refractivity contribution in [1.29, 1.82) is 0 Å². The molecule has 0 radical (unpaired) electrons. The normalized spacial score (nSPS) is 11.6. The van der Waals surface area contributed by atoms with Gasteiger partial charge in [-0.25, -0.2) is 0 Å². The Bertz CT molecular complexity index is 1870. The molecule has 0 saturated heterocycles. The zero-order chi connectivity index (χ0) is 39.1. The molecule has 6 aromatic rings. The zero-order valence-electron chi connectivity index (χ0n) is 31.2. The van der Waals surface area contributed by atoms with Crippen molar-refractivity contribution in [3.05, 3.63) is 170 Å². The van der Waals surface area contributed by atoms with Crippen molar-refractivity contribution < 1.29 is 27.1 Å². The van der Waals surface area contributed by atoms with Gasteiger partial charge in [0.05, 0.1) is 0 Å². The van der Waals surface area contributed by atoms with Crippen LogP contribution in [0, 0.1) is 0 Å². The molecule has 0 bridgehead atoms. The van der Waals surface area contributed by atoms with Gasteiger partial charge in [0.15, 0.2) is 0 Å². The molecule has 0 heterocycles. The van der Waals surface area contributed by atoms with E-state index in [1.54, 1.807) is 11.8 Å². The Kier molecular flexibility index (Phi) is 17.1. The van der Waals surface area contributed by atoms with Gasteiger partial charge < -0.3 is 27.1 Å². The van der Waals surface area contributed by atoms with Crippen LogP contribution in [0.15, 0.2) is 180 Å². The standard InChI is InChI=1S/C26H24P2.C16H20O6P2S3/c1-22(27(23-14-6-2-7-15-23)24-16-8-3-9-17-24)28(25-18-10-4-11-19-25)26-20-12-5-13-21-26;1-17-23(25,18-2)21-13-5-9-15(10-6-13)27-16-11-7-14(8-12-16)22-24(26,19-3)20-4/h2-22H,1H3;5-12H,1-4H3. The lowest BCUT2D eigenvalue weighted by Crippen LogP contribution is -2.25. The van der Waals surface area contributed by atoms with Gasteiger partial charge >= 0.3 is 13.4 Å². The topological polar surface area (TPSA) is 55.4 Å². The highest BCUT2D eigenvalue weighted by molar-refractivity contribution is 8.08. The largest absolute Gasteiger partial charge is 0.424 e. The molecular formula is C42H44O6P4S3. The van der Waals surface area contributed by atoms with Gasteiger partial charge in [0.1, 0.15) is 11.5 Å². The van der Waals surface area contributed by atoms with Crippen LogP contribution in [0.25, 0.3) is 0 Å². The van der Waals surface area contributed by atoms with E-state index in [2.05, 4.69) is 128 Å². The summed E-state index contributed by atoms with van der Waals surface area (Å²) in [6.45, 7) is -3.00. The Morgan fingerprint density at radius 1 is 0.418 bits per heavy atom. The molecular weight excluding hydrogens is 821 g/mol. The number of rotatable bonds is 16. The lowest BCUT2D eigenvalue weighted by atomic mass is 10.3. The Morgan fingerprint density at radius 2 is 0.673 bits per heavy atom. The Balaban J connectivity index is 0.000000211. The van der Waals surface area contributed by atoms with Gasteiger partial charge in [-0.15, -0.1) is 0 Å². The number of hydrogen-bond donors (Lipinski definition) is 0. The SMILES string of the molecule is CC(P(c1ccccc1)c1ccccc1)P(c1ccccc1)c1ccccc1.COP(=S)(OC)Oc1ccc(Sc2ccc(OP(=S)(OC)OC)cc2)cc1. The molecule has 0 aliphatic rings. The summed E-state index contributed by atoms with van der Waals surface area (Å²) in [7, 11) is 4.95. The summed E-state index contributed by atoms with van der Waals surface area (Å²) in [5, 5.41) is 6.34. The van der Waals surface area contributed by atoms with E-state index >= 15 is 0 Å². The summed E-state index contributed by atoms with van der Waals surface area (Å²) in [6, 6.07) is 59.3. The maximum absolute atomic E-state index is 5.61. The van der Waals surface area contributed by atoms with E-state index in [-0.39, 0.29) is 0 Å². The third kappa shape index (κ3) is 12.6. The van der Waals surface area contributed by atoms with Crippen molar-refractivity contribution in [3.8, 4) is 11.5 Å². The molecule has 13 heteroatoms. The highest BCUT2D eigenvalue weighted by Gasteiger charge is 2.30. The zero-order valence-corrected chi connectivity index (χ0v) is 37.2. The lowest BCUT2D eigenvalue weighted by Gasteiger charge is -2.33. The van der Waals surface area contributed by atoms with Gasteiger partial charge in [0, 0.05) is 67.2 Å². The van der Waals surface area contributed by atoms with Crippen LogP contribution >= 0.6 is 41.0 Å². The molecule has 0 spiro atoms. The van der Waals surface area contributed by atoms with Crippen LogP contribution in [0.5, 0.6) is 11.5 Å². The van der Waals surface area contributed by atoms with Crippen LogP contribution in [0.4, 0.5) is 0 Å². The van der Waals surface area contributed by atoms with E-state index in [9.17, 15) is 0 Å². The fourth-order valence-corrected chi connectivity index (χ4v) is 15.0. The maximum atomic E-state index is 5.61. The van der Waals surface area contributed by atoms with Gasteiger partial charge in [-0.1, -0.05) is 140 Å². The third-order valence-electron chi connectivity index (χ3n) is 8.10. The van der Waals surface area contributed by atoms with Gasteiger partial charge in [-0.2, -0.15) is 0 Å². The molecule has 0 atom stereocenters. The minimum atomic E-state index is -2.73. The smallest absolute Gasteiger partial charge is 0.380 e. The first kappa shape index (κ1) is 43.4. The van der Waals surface area contributed by atoms with Crippen LogP contribution in [0.1, 0.15) is 6.92 Å². The van der Waals surface area contributed by atoms with Gasteiger partial charge in [-0.3, -0.25) is 0 Å². The second-order valence-corrected chi connectivity index (χ2v) is 24.5. The van der Waals surface area contributed by atoms with E-state index in [4.69, 9.17) is 50.8 Å². The van der Waals surface area contributed by atoms with Crippen LogP contribution < -0.4 is 30.3 Å². The molecule has 0 saturated carbocycles. The highest BCUT2D eigenvalue weighted by Crippen LogP contribution is 2.56. The third-order valence-corrected chi connectivity index (χ3v) is 20.3. The van der Waals surface area contributed by atoms with Crippen LogP contribution in [-0.2, 0) is 41.7 Å². The monoisotopic (exact) mass is 864 g/mol. The van der Waals surface area contributed by atoms with Crippen molar-refractivity contribution in [2.24, 2.45) is 0 Å². The first-order chi connectivity index (χ1) is 26.7. The summed E-state index contributed by atoms with van der Waals surface area (Å²) in [5.41, 5.74) is 0. The number of hydrogen-bond acceptors (Lipinski definition) is 9.